The first kappa shape index (κ1) is 58.6. The van der Waals surface area contributed by atoms with Crippen LogP contribution < -0.4 is 25.2 Å². The standard InChI is InChI=1S/C56H64ClF3N10O7S3/c1-55(2)22-18-48(39-8-12-43(57)13-9-39)42(35-55)37-68-30-32-69(33-31-68)45-14-10-40(11-15-45)53(72)65-80(76,77)47-16-17-49(50(34-47)79(74,75)56(58,59)60)62-44(38-78-46-6-4-3-5-7-46)20-24-66-26-28-67(29-27-66)36-41-19-23-61-64-52(41)70-25-21-51(71)63-54(70)73/h3-17,19,23,34,44,62H,18,20-22,24-33,35-38H2,1-2H3,(H,65,72)(H,63,71,73)/t44-/m1/s1. The van der Waals surface area contributed by atoms with Crippen molar-refractivity contribution in [2.75, 3.05) is 92.9 Å². The number of rotatable bonds is 19. The van der Waals surface area contributed by atoms with E-state index < -0.39 is 58.8 Å². The third-order valence-electron chi connectivity index (χ3n) is 15.0. The van der Waals surface area contributed by atoms with Crippen LogP contribution in [0.4, 0.5) is 35.2 Å². The molecule has 4 aromatic carbocycles. The molecule has 3 N–H and O–H groups in total. The molecule has 5 aromatic rings. The smallest absolute Gasteiger partial charge is 0.380 e. The molecule has 1 aromatic heterocycles. The lowest BCUT2D eigenvalue weighted by Gasteiger charge is -2.39. The first-order chi connectivity index (χ1) is 38.1. The molecule has 3 aliphatic heterocycles. The van der Waals surface area contributed by atoms with Crippen LogP contribution in [-0.2, 0) is 31.2 Å². The number of carbonyl (C=O) groups excluding carboxylic acids is 3. The summed E-state index contributed by atoms with van der Waals surface area (Å²) in [5.74, 6) is -0.741. The highest BCUT2D eigenvalue weighted by molar-refractivity contribution is 7.99. The van der Waals surface area contributed by atoms with E-state index in [-0.39, 0.29) is 29.9 Å². The molecular weight excluding hydrogens is 1110 g/mol. The predicted molar refractivity (Wildman–Crippen MR) is 304 cm³/mol. The Hall–Kier alpha value is -6.08. The second-order valence-corrected chi connectivity index (χ2v) is 26.4. The van der Waals surface area contributed by atoms with Crippen molar-refractivity contribution in [1.29, 1.82) is 0 Å². The molecule has 1 atom stereocenters. The number of halogens is 4. The summed E-state index contributed by atoms with van der Waals surface area (Å²) in [6.45, 7) is 12.1. The average Bonchev–Trinajstić information content (AvgIpc) is 3.52. The van der Waals surface area contributed by atoms with Crippen molar-refractivity contribution in [3.8, 4) is 0 Å². The Labute approximate surface area is 474 Å². The number of aromatic nitrogens is 2. The number of nitrogens with one attached hydrogen (secondary N) is 3. The lowest BCUT2D eigenvalue weighted by molar-refractivity contribution is -0.120. The number of hydrogen-bond acceptors (Lipinski definition) is 15. The molecule has 0 saturated carbocycles. The van der Waals surface area contributed by atoms with Gasteiger partial charge in [-0.2, -0.15) is 18.3 Å². The second-order valence-electron chi connectivity index (χ2n) is 21.3. The highest BCUT2D eigenvalue weighted by Crippen LogP contribution is 2.43. The Morgan fingerprint density at radius 1 is 0.812 bits per heavy atom. The van der Waals surface area contributed by atoms with E-state index in [1.165, 1.54) is 51.7 Å². The number of piperazine rings is 2. The number of sulfone groups is 1. The number of benzene rings is 4. The van der Waals surface area contributed by atoms with Gasteiger partial charge in [-0.25, -0.2) is 26.4 Å². The molecule has 0 unspecified atom stereocenters. The molecule has 4 aliphatic rings. The number of alkyl halides is 3. The Balaban J connectivity index is 0.839. The van der Waals surface area contributed by atoms with Crippen LogP contribution in [0.25, 0.3) is 5.57 Å². The van der Waals surface area contributed by atoms with Crippen molar-refractivity contribution >= 4 is 83.8 Å². The zero-order chi connectivity index (χ0) is 56.8. The molecule has 4 amide bonds. The summed E-state index contributed by atoms with van der Waals surface area (Å²) in [5, 5.41) is 14.2. The molecule has 3 fully saturated rings. The van der Waals surface area contributed by atoms with Gasteiger partial charge in [0.25, 0.3) is 25.8 Å². The fourth-order valence-corrected chi connectivity index (χ4v) is 13.7. The molecule has 17 nitrogen and oxygen atoms in total. The van der Waals surface area contributed by atoms with E-state index in [2.05, 4.69) is 66.4 Å². The maximum atomic E-state index is 14.5. The Kier molecular flexibility index (Phi) is 18.3. The molecule has 0 bridgehead atoms. The molecule has 1 aliphatic carbocycles. The van der Waals surface area contributed by atoms with Gasteiger partial charge in [0.2, 0.25) is 5.91 Å². The molecule has 0 radical (unpaired) electrons. The van der Waals surface area contributed by atoms with Crippen molar-refractivity contribution in [2.45, 2.75) is 78.7 Å². The third-order valence-corrected chi connectivity index (χ3v) is 19.3. The monoisotopic (exact) mass is 1180 g/mol. The molecular formula is C56H64ClF3N10O7S3. The van der Waals surface area contributed by atoms with E-state index in [0.717, 1.165) is 80.3 Å². The Morgan fingerprint density at radius 3 is 2.17 bits per heavy atom. The Bertz CT molecular complexity index is 3310. The first-order valence-electron chi connectivity index (χ1n) is 26.5. The maximum Gasteiger partial charge on any atom is 0.501 e. The van der Waals surface area contributed by atoms with Gasteiger partial charge >= 0.3 is 11.5 Å². The van der Waals surface area contributed by atoms with E-state index in [4.69, 9.17) is 11.6 Å². The highest BCUT2D eigenvalue weighted by Gasteiger charge is 2.48. The number of allylic oxidation sites excluding steroid dienone is 1. The van der Waals surface area contributed by atoms with Crippen LogP contribution in [0.2, 0.25) is 5.02 Å². The fourth-order valence-electron chi connectivity index (χ4n) is 10.5. The van der Waals surface area contributed by atoms with Crippen molar-refractivity contribution in [2.24, 2.45) is 5.41 Å². The molecule has 3 saturated heterocycles. The molecule has 9 rings (SSSR count). The molecule has 4 heterocycles. The minimum absolute atomic E-state index is 0.0257. The summed E-state index contributed by atoms with van der Waals surface area (Å²) in [4.78, 5) is 47.0. The third kappa shape index (κ3) is 14.5. The number of urea groups is 1. The number of nitrogens with zero attached hydrogens (tertiary/aromatic N) is 7. The number of imide groups is 1. The number of hydrogen-bond donors (Lipinski definition) is 3. The van der Waals surface area contributed by atoms with Gasteiger partial charge in [0.1, 0.15) is 4.90 Å². The lowest BCUT2D eigenvalue weighted by Crippen LogP contribution is -2.50. The van der Waals surface area contributed by atoms with Crippen LogP contribution in [0.15, 0.2) is 130 Å². The second kappa shape index (κ2) is 25.0. The zero-order valence-corrected chi connectivity index (χ0v) is 47.6. The van der Waals surface area contributed by atoms with Gasteiger partial charge in [-0.3, -0.25) is 29.6 Å². The summed E-state index contributed by atoms with van der Waals surface area (Å²) >= 11 is 7.63. The van der Waals surface area contributed by atoms with Gasteiger partial charge in [0.05, 0.1) is 16.8 Å². The summed E-state index contributed by atoms with van der Waals surface area (Å²) in [5.41, 5.74) is -0.454. The zero-order valence-electron chi connectivity index (χ0n) is 44.4. The van der Waals surface area contributed by atoms with Gasteiger partial charge in [-0.1, -0.05) is 61.4 Å². The fraction of sp³-hybridized carbons (Fsp3) is 0.411. The van der Waals surface area contributed by atoms with Crippen LogP contribution in [0, 0.1) is 5.41 Å². The van der Waals surface area contributed by atoms with E-state index in [1.807, 2.05) is 47.2 Å². The van der Waals surface area contributed by atoms with Gasteiger partial charge in [-0.15, -0.1) is 16.9 Å². The minimum Gasteiger partial charge on any atom is -0.380 e. The average molecular weight is 1180 g/mol. The van der Waals surface area contributed by atoms with Crippen molar-refractivity contribution < 1.29 is 44.4 Å². The quantitative estimate of drug-likeness (QED) is 0.0665. The van der Waals surface area contributed by atoms with E-state index in [0.29, 0.717) is 68.3 Å². The first-order valence-corrected chi connectivity index (χ1v) is 30.8. The topological polar surface area (TPSA) is 198 Å². The lowest BCUT2D eigenvalue weighted by atomic mass is 9.73. The Morgan fingerprint density at radius 2 is 1.49 bits per heavy atom. The van der Waals surface area contributed by atoms with Gasteiger partial charge < -0.3 is 15.1 Å². The minimum atomic E-state index is -6.14. The summed E-state index contributed by atoms with van der Waals surface area (Å²) in [6.07, 6.45) is 5.15. The normalized spacial score (nSPS) is 18.5. The van der Waals surface area contributed by atoms with Crippen molar-refractivity contribution in [3.05, 3.63) is 137 Å². The van der Waals surface area contributed by atoms with Crippen molar-refractivity contribution in [3.63, 3.8) is 0 Å². The van der Waals surface area contributed by atoms with E-state index in [9.17, 15) is 44.4 Å². The van der Waals surface area contributed by atoms with Crippen LogP contribution >= 0.6 is 23.4 Å². The van der Waals surface area contributed by atoms with E-state index in [1.54, 1.807) is 18.2 Å². The maximum absolute atomic E-state index is 14.5. The van der Waals surface area contributed by atoms with Gasteiger partial charge in [-0.05, 0) is 115 Å². The number of carbonyl (C=O) groups is 3. The summed E-state index contributed by atoms with van der Waals surface area (Å²) < 4.78 is 99.5. The molecule has 0 spiro atoms. The molecule has 426 valence electrons. The summed E-state index contributed by atoms with van der Waals surface area (Å²) in [7, 11) is -11.0. The number of thioether (sulfide) groups is 1. The number of amides is 4. The van der Waals surface area contributed by atoms with Crippen LogP contribution in [0.3, 0.4) is 0 Å². The summed E-state index contributed by atoms with van der Waals surface area (Å²) in [6, 6.07) is 26.7. The molecule has 24 heteroatoms. The molecule has 80 heavy (non-hydrogen) atoms. The van der Waals surface area contributed by atoms with Crippen molar-refractivity contribution in [1.82, 2.24) is 34.9 Å². The predicted octanol–water partition coefficient (Wildman–Crippen LogP) is 8.56. The largest absolute Gasteiger partial charge is 0.501 e. The van der Waals surface area contributed by atoms with Crippen LogP contribution in [0.5, 0.6) is 0 Å². The van der Waals surface area contributed by atoms with Crippen LogP contribution in [0.1, 0.15) is 67.4 Å². The van der Waals surface area contributed by atoms with E-state index >= 15 is 0 Å². The highest BCUT2D eigenvalue weighted by atomic mass is 35.5. The van der Waals surface area contributed by atoms with Gasteiger partial charge in [0.15, 0.2) is 5.82 Å². The number of sulfonamides is 1. The number of anilines is 3. The SMILES string of the molecule is CC1(C)CCC(c2ccc(Cl)cc2)=C(CN2CCN(c3ccc(C(=O)NS(=O)(=O)c4ccc(N[C@H](CCN5CCN(Cc6ccnnc6N6CCC(=O)NC6=O)CC5)CSc5ccccc5)c(S(=O)(=O)C(F)(F)F)c4)cc3)CC2)C1. The van der Waals surface area contributed by atoms with Gasteiger partial charge in [0, 0.05) is 123 Å². The van der Waals surface area contributed by atoms with Crippen LogP contribution in [-0.4, -0.2) is 149 Å².